The van der Waals surface area contributed by atoms with Gasteiger partial charge in [0.15, 0.2) is 0 Å². The minimum atomic E-state index is -0.00724. The van der Waals surface area contributed by atoms with E-state index in [0.717, 1.165) is 48.0 Å². The van der Waals surface area contributed by atoms with Gasteiger partial charge in [0.25, 0.3) is 0 Å². The van der Waals surface area contributed by atoms with Crippen LogP contribution in [0.5, 0.6) is 5.75 Å². The number of aryl methyl sites for hydroxylation is 2. The van der Waals surface area contributed by atoms with Gasteiger partial charge in [-0.05, 0) is 101 Å². The van der Waals surface area contributed by atoms with Crippen LogP contribution in [0, 0.1) is 31.6 Å². The summed E-state index contributed by atoms with van der Waals surface area (Å²) in [4.78, 5) is 17.7. The number of piperidine rings is 2. The average molecular weight is 401 g/mol. The van der Waals surface area contributed by atoms with Crippen molar-refractivity contribution in [2.75, 3.05) is 32.7 Å². The quantitative estimate of drug-likeness (QED) is 0.762. The lowest BCUT2D eigenvalue weighted by Gasteiger charge is -2.40. The number of carbonyl (C=O) groups is 1. The maximum Gasteiger partial charge on any atom is 0.225 e. The number of aromatic hydroxyl groups is 1. The van der Waals surface area contributed by atoms with Crippen LogP contribution in [0.1, 0.15) is 62.6 Å². The van der Waals surface area contributed by atoms with Crippen molar-refractivity contribution in [2.24, 2.45) is 17.8 Å². The molecule has 0 unspecified atom stereocenters. The van der Waals surface area contributed by atoms with E-state index >= 15 is 0 Å². The van der Waals surface area contributed by atoms with E-state index in [2.05, 4.69) is 23.6 Å². The lowest BCUT2D eigenvalue weighted by Crippen LogP contribution is -2.44. The number of nitrogens with zero attached hydrogens (tertiary/aromatic N) is 2. The molecule has 0 aliphatic carbocycles. The van der Waals surface area contributed by atoms with E-state index in [0.29, 0.717) is 11.7 Å². The lowest BCUT2D eigenvalue weighted by molar-refractivity contribution is -0.136. The number of phenols is 1. The van der Waals surface area contributed by atoms with Gasteiger partial charge in [0.05, 0.1) is 0 Å². The number of hydrogen-bond donors (Lipinski definition) is 1. The summed E-state index contributed by atoms with van der Waals surface area (Å²) < 4.78 is 0. The molecule has 1 aromatic rings. The van der Waals surface area contributed by atoms with E-state index < -0.39 is 0 Å². The Balaban J connectivity index is 1.47. The monoisotopic (exact) mass is 400 g/mol. The standard InChI is InChI=1S/C25H40N2O2/c1-5-10-26-11-6-22(7-12-26)23-8-13-27(14-9-23)25(29)20(4)17-21-15-18(2)24(28)19(3)16-21/h15-16,20,22-23,28H,5-14,17H2,1-4H3/t20-/m1/s1. The summed E-state index contributed by atoms with van der Waals surface area (Å²) in [6, 6.07) is 4.03. The van der Waals surface area contributed by atoms with Gasteiger partial charge in [-0.25, -0.2) is 0 Å². The third kappa shape index (κ3) is 5.53. The van der Waals surface area contributed by atoms with Crippen molar-refractivity contribution in [3.05, 3.63) is 28.8 Å². The van der Waals surface area contributed by atoms with Crippen molar-refractivity contribution in [3.8, 4) is 5.75 Å². The molecule has 4 nitrogen and oxygen atoms in total. The zero-order valence-corrected chi connectivity index (χ0v) is 18.9. The van der Waals surface area contributed by atoms with E-state index in [9.17, 15) is 9.90 Å². The molecule has 2 heterocycles. The van der Waals surface area contributed by atoms with Crippen molar-refractivity contribution in [1.82, 2.24) is 9.80 Å². The van der Waals surface area contributed by atoms with Crippen LogP contribution < -0.4 is 0 Å². The summed E-state index contributed by atoms with van der Waals surface area (Å²) in [5.41, 5.74) is 2.93. The van der Waals surface area contributed by atoms with Crippen LogP contribution in [0.2, 0.25) is 0 Å². The predicted molar refractivity (Wildman–Crippen MR) is 119 cm³/mol. The lowest BCUT2D eigenvalue weighted by atomic mass is 9.78. The van der Waals surface area contributed by atoms with Crippen LogP contribution in [-0.4, -0.2) is 53.5 Å². The molecular formula is C25H40N2O2. The fourth-order valence-corrected chi connectivity index (χ4v) is 5.47. The smallest absolute Gasteiger partial charge is 0.225 e. The molecule has 0 radical (unpaired) electrons. The largest absolute Gasteiger partial charge is 0.507 e. The molecule has 2 aliphatic heterocycles. The molecule has 3 rings (SSSR count). The average Bonchev–Trinajstić information content (AvgIpc) is 2.72. The highest BCUT2D eigenvalue weighted by atomic mass is 16.3. The number of likely N-dealkylation sites (tertiary alicyclic amines) is 2. The highest BCUT2D eigenvalue weighted by molar-refractivity contribution is 5.79. The third-order valence-electron chi connectivity index (χ3n) is 7.20. The molecule has 1 amide bonds. The molecule has 1 N–H and O–H groups in total. The van der Waals surface area contributed by atoms with Crippen LogP contribution >= 0.6 is 0 Å². The van der Waals surface area contributed by atoms with Gasteiger partial charge in [0, 0.05) is 19.0 Å². The summed E-state index contributed by atoms with van der Waals surface area (Å²) in [7, 11) is 0. The molecular weight excluding hydrogens is 360 g/mol. The van der Waals surface area contributed by atoms with Gasteiger partial charge in [-0.15, -0.1) is 0 Å². The normalized spacial score (nSPS) is 20.8. The molecule has 0 bridgehead atoms. The van der Waals surface area contributed by atoms with E-state index in [4.69, 9.17) is 0 Å². The zero-order chi connectivity index (χ0) is 21.0. The van der Waals surface area contributed by atoms with Crippen LogP contribution in [0.15, 0.2) is 12.1 Å². The van der Waals surface area contributed by atoms with Crippen molar-refractivity contribution >= 4 is 5.91 Å². The molecule has 162 valence electrons. The second-order valence-corrected chi connectivity index (χ2v) is 9.53. The Morgan fingerprint density at radius 1 is 1.03 bits per heavy atom. The maximum atomic E-state index is 13.0. The SMILES string of the molecule is CCCN1CCC(C2CCN(C(=O)[C@H](C)Cc3cc(C)c(O)c(C)c3)CC2)CC1. The van der Waals surface area contributed by atoms with Gasteiger partial charge in [-0.3, -0.25) is 4.79 Å². The molecule has 0 saturated carbocycles. The molecule has 1 atom stereocenters. The van der Waals surface area contributed by atoms with E-state index in [1.165, 1.54) is 51.7 Å². The first-order valence-electron chi connectivity index (χ1n) is 11.7. The van der Waals surface area contributed by atoms with Crippen molar-refractivity contribution in [1.29, 1.82) is 0 Å². The second kappa shape index (κ2) is 9.97. The van der Waals surface area contributed by atoms with Crippen molar-refractivity contribution in [2.45, 2.75) is 66.2 Å². The summed E-state index contributed by atoms with van der Waals surface area (Å²) in [6.07, 6.45) is 7.04. The first kappa shape index (κ1) is 22.1. The van der Waals surface area contributed by atoms with Gasteiger partial charge < -0.3 is 14.9 Å². The van der Waals surface area contributed by atoms with Crippen molar-refractivity contribution in [3.63, 3.8) is 0 Å². The maximum absolute atomic E-state index is 13.0. The molecule has 4 heteroatoms. The molecule has 2 aliphatic rings. The zero-order valence-electron chi connectivity index (χ0n) is 18.9. The fourth-order valence-electron chi connectivity index (χ4n) is 5.47. The highest BCUT2D eigenvalue weighted by Crippen LogP contribution is 2.33. The minimum absolute atomic E-state index is 0.00724. The van der Waals surface area contributed by atoms with Crippen molar-refractivity contribution < 1.29 is 9.90 Å². The Morgan fingerprint density at radius 3 is 2.07 bits per heavy atom. The Morgan fingerprint density at radius 2 is 1.55 bits per heavy atom. The molecule has 0 aromatic heterocycles. The molecule has 1 aromatic carbocycles. The molecule has 29 heavy (non-hydrogen) atoms. The highest BCUT2D eigenvalue weighted by Gasteiger charge is 2.31. The van der Waals surface area contributed by atoms with Crippen LogP contribution in [0.3, 0.4) is 0 Å². The van der Waals surface area contributed by atoms with E-state index in [1.807, 2.05) is 26.0 Å². The van der Waals surface area contributed by atoms with Gasteiger partial charge in [-0.2, -0.15) is 0 Å². The molecule has 0 spiro atoms. The Kier molecular flexibility index (Phi) is 7.61. The first-order valence-corrected chi connectivity index (χ1v) is 11.7. The third-order valence-corrected chi connectivity index (χ3v) is 7.20. The predicted octanol–water partition coefficient (Wildman–Crippen LogP) is 4.55. The van der Waals surface area contributed by atoms with E-state index in [-0.39, 0.29) is 5.92 Å². The Bertz CT molecular complexity index is 663. The summed E-state index contributed by atoms with van der Waals surface area (Å²) in [6.45, 7) is 13.8. The first-order chi connectivity index (χ1) is 13.9. The molecule has 2 fully saturated rings. The summed E-state index contributed by atoms with van der Waals surface area (Å²) >= 11 is 0. The van der Waals surface area contributed by atoms with Gasteiger partial charge in [0.1, 0.15) is 5.75 Å². The number of hydrogen-bond acceptors (Lipinski definition) is 3. The summed E-state index contributed by atoms with van der Waals surface area (Å²) in [5, 5.41) is 9.97. The molecule has 2 saturated heterocycles. The van der Waals surface area contributed by atoms with Crippen LogP contribution in [-0.2, 0) is 11.2 Å². The minimum Gasteiger partial charge on any atom is -0.507 e. The number of rotatable bonds is 6. The number of phenolic OH excluding ortho intramolecular Hbond substituents is 1. The number of amides is 1. The topological polar surface area (TPSA) is 43.8 Å². The summed E-state index contributed by atoms with van der Waals surface area (Å²) in [5.74, 6) is 2.33. The van der Waals surface area contributed by atoms with Gasteiger partial charge >= 0.3 is 0 Å². The number of benzene rings is 1. The van der Waals surface area contributed by atoms with Crippen LogP contribution in [0.4, 0.5) is 0 Å². The fraction of sp³-hybridized carbons (Fsp3) is 0.720. The van der Waals surface area contributed by atoms with E-state index in [1.54, 1.807) is 0 Å². The second-order valence-electron chi connectivity index (χ2n) is 9.53. The Labute approximate surface area is 177 Å². The Hall–Kier alpha value is -1.55. The van der Waals surface area contributed by atoms with Crippen LogP contribution in [0.25, 0.3) is 0 Å². The van der Waals surface area contributed by atoms with Gasteiger partial charge in [0.2, 0.25) is 5.91 Å². The van der Waals surface area contributed by atoms with Gasteiger partial charge in [-0.1, -0.05) is 26.0 Å². The number of carbonyl (C=O) groups excluding carboxylic acids is 1.